The summed E-state index contributed by atoms with van der Waals surface area (Å²) in [5, 5.41) is 23.5. The minimum absolute atomic E-state index is 0. The van der Waals surface area contributed by atoms with E-state index >= 15 is 0 Å². The molecule has 1 saturated heterocycles. The molecule has 1 fully saturated rings. The van der Waals surface area contributed by atoms with Gasteiger partial charge in [-0.25, -0.2) is 5.01 Å². The number of phenols is 1. The van der Waals surface area contributed by atoms with Crippen LogP contribution in [0.25, 0.3) is 0 Å². The van der Waals surface area contributed by atoms with Crippen molar-refractivity contribution in [1.82, 2.24) is 14.9 Å². The average Bonchev–Trinajstić information content (AvgIpc) is 2.60. The number of aliphatic hydroxyl groups is 1. The lowest BCUT2D eigenvalue weighted by atomic mass is 10.1. The Hall–Kier alpha value is -1.28. The van der Waals surface area contributed by atoms with E-state index in [0.717, 1.165) is 44.8 Å². The van der Waals surface area contributed by atoms with Crippen molar-refractivity contribution in [1.29, 1.82) is 0 Å². The van der Waals surface area contributed by atoms with Gasteiger partial charge in [0.25, 0.3) is 0 Å². The van der Waals surface area contributed by atoms with Gasteiger partial charge in [0.05, 0.1) is 6.54 Å². The van der Waals surface area contributed by atoms with E-state index in [9.17, 15) is 5.11 Å². The molecule has 0 atom stereocenters. The summed E-state index contributed by atoms with van der Waals surface area (Å²) in [6.45, 7) is 6.03. The lowest BCUT2D eigenvalue weighted by Gasteiger charge is -2.41. The molecule has 148 valence electrons. The highest BCUT2D eigenvalue weighted by atomic mass is 35.5. The van der Waals surface area contributed by atoms with Gasteiger partial charge in [0.1, 0.15) is 5.75 Å². The number of aromatic hydroxyl groups is 1. The van der Waals surface area contributed by atoms with Gasteiger partial charge in [0.15, 0.2) is 0 Å². The first-order valence-electron chi connectivity index (χ1n) is 8.25. The molecule has 2 aliphatic rings. The van der Waals surface area contributed by atoms with Crippen LogP contribution < -0.4 is 0 Å². The predicted molar refractivity (Wildman–Crippen MR) is 109 cm³/mol. The van der Waals surface area contributed by atoms with Crippen LogP contribution in [0.5, 0.6) is 5.75 Å². The molecular formula is C18H29Cl2N3O3. The van der Waals surface area contributed by atoms with Gasteiger partial charge >= 0.3 is 0 Å². The van der Waals surface area contributed by atoms with Crippen LogP contribution in [-0.4, -0.2) is 69.9 Å². The molecule has 0 bridgehead atoms. The van der Waals surface area contributed by atoms with Crippen LogP contribution in [0, 0.1) is 0 Å². The number of nitrogens with zero attached hydrogens (tertiary/aromatic N) is 3. The normalized spacial score (nSPS) is 17.2. The van der Waals surface area contributed by atoms with Crippen molar-refractivity contribution in [3.63, 3.8) is 0 Å². The van der Waals surface area contributed by atoms with Crippen LogP contribution in [0.4, 0.5) is 0 Å². The number of hydrogen-bond acceptors (Lipinski definition) is 5. The van der Waals surface area contributed by atoms with Gasteiger partial charge in [0, 0.05) is 45.5 Å². The van der Waals surface area contributed by atoms with Crippen molar-refractivity contribution in [2.45, 2.75) is 13.0 Å². The summed E-state index contributed by atoms with van der Waals surface area (Å²) in [5.41, 5.74) is 2.02. The predicted octanol–water partition coefficient (Wildman–Crippen LogP) is 1.36. The molecule has 2 aliphatic heterocycles. The van der Waals surface area contributed by atoms with Crippen molar-refractivity contribution in [2.24, 2.45) is 0 Å². The summed E-state index contributed by atoms with van der Waals surface area (Å²) < 4.78 is 0. The van der Waals surface area contributed by atoms with E-state index in [1.165, 1.54) is 5.56 Å². The maximum absolute atomic E-state index is 9.80. The highest BCUT2D eigenvalue weighted by molar-refractivity contribution is 5.85. The number of piperazine rings is 1. The fourth-order valence-corrected chi connectivity index (χ4v) is 3.14. The Morgan fingerprint density at radius 2 is 1.73 bits per heavy atom. The quantitative estimate of drug-likeness (QED) is 0.772. The van der Waals surface area contributed by atoms with Gasteiger partial charge < -0.3 is 20.7 Å². The second-order valence-electron chi connectivity index (χ2n) is 6.06. The molecule has 4 N–H and O–H groups in total. The van der Waals surface area contributed by atoms with E-state index in [1.807, 2.05) is 12.1 Å². The standard InChI is InChI=1S/C18H25N3O2.2ClH.H2O/c22-13-6-17-14-16(4-5-18(17)23)15-19-9-11-21(12-10-19)20-7-2-1-3-8-20;;;/h1-5,7,14,22-23H,6,8-13,15H2;2*1H;1H2. The third-order valence-corrected chi connectivity index (χ3v) is 4.44. The largest absolute Gasteiger partial charge is 0.508 e. The van der Waals surface area contributed by atoms with Gasteiger partial charge in [-0.1, -0.05) is 24.3 Å². The van der Waals surface area contributed by atoms with Crippen LogP contribution in [0.1, 0.15) is 11.1 Å². The molecule has 0 radical (unpaired) electrons. The topological polar surface area (TPSA) is 81.7 Å². The fourth-order valence-electron chi connectivity index (χ4n) is 3.14. The lowest BCUT2D eigenvalue weighted by molar-refractivity contribution is -0.0159. The zero-order valence-corrected chi connectivity index (χ0v) is 16.4. The summed E-state index contributed by atoms with van der Waals surface area (Å²) in [7, 11) is 0. The SMILES string of the molecule is Cl.Cl.O.OCCc1cc(CN2CCN(N3C=CC=CC3)CC2)ccc1O. The second-order valence-corrected chi connectivity index (χ2v) is 6.06. The minimum Gasteiger partial charge on any atom is -0.508 e. The Kier molecular flexibility index (Phi) is 11.6. The molecule has 0 aliphatic carbocycles. The van der Waals surface area contributed by atoms with Crippen LogP contribution in [0.15, 0.2) is 42.6 Å². The monoisotopic (exact) mass is 405 g/mol. The van der Waals surface area contributed by atoms with E-state index in [0.29, 0.717) is 6.42 Å². The first kappa shape index (κ1) is 24.7. The number of hydrogen-bond donors (Lipinski definition) is 2. The van der Waals surface area contributed by atoms with Crippen LogP contribution in [-0.2, 0) is 13.0 Å². The van der Waals surface area contributed by atoms with E-state index in [2.05, 4.69) is 39.3 Å². The average molecular weight is 406 g/mol. The third-order valence-electron chi connectivity index (χ3n) is 4.44. The Balaban J connectivity index is 0.00000208. The van der Waals surface area contributed by atoms with Crippen molar-refractivity contribution in [3.05, 3.63) is 53.8 Å². The van der Waals surface area contributed by atoms with E-state index in [1.54, 1.807) is 6.07 Å². The summed E-state index contributed by atoms with van der Waals surface area (Å²) >= 11 is 0. The summed E-state index contributed by atoms with van der Waals surface area (Å²) in [4.78, 5) is 2.44. The van der Waals surface area contributed by atoms with Crippen molar-refractivity contribution >= 4 is 24.8 Å². The Morgan fingerprint density at radius 3 is 2.35 bits per heavy atom. The van der Waals surface area contributed by atoms with Gasteiger partial charge in [-0.05, 0) is 29.7 Å². The number of hydrazine groups is 1. The molecule has 1 aromatic rings. The van der Waals surface area contributed by atoms with Gasteiger partial charge in [-0.2, -0.15) is 0 Å². The summed E-state index contributed by atoms with van der Waals surface area (Å²) in [5.74, 6) is 0.276. The maximum Gasteiger partial charge on any atom is 0.118 e. The zero-order valence-electron chi connectivity index (χ0n) is 14.8. The fraction of sp³-hybridized carbons (Fsp3) is 0.444. The smallest absolute Gasteiger partial charge is 0.118 e. The number of rotatable bonds is 5. The van der Waals surface area contributed by atoms with E-state index < -0.39 is 0 Å². The molecule has 0 saturated carbocycles. The molecule has 6 nitrogen and oxygen atoms in total. The number of phenolic OH excluding ortho intramolecular Hbond substituents is 1. The third kappa shape index (κ3) is 6.46. The van der Waals surface area contributed by atoms with Gasteiger partial charge in [-0.3, -0.25) is 4.90 Å². The molecule has 1 aromatic carbocycles. The zero-order chi connectivity index (χ0) is 16.1. The first-order chi connectivity index (χ1) is 11.3. The molecule has 2 heterocycles. The molecule has 0 amide bonds. The number of allylic oxidation sites excluding steroid dienone is 2. The highest BCUT2D eigenvalue weighted by Gasteiger charge is 2.20. The molecule has 3 rings (SSSR count). The van der Waals surface area contributed by atoms with Crippen molar-refractivity contribution in [3.8, 4) is 5.75 Å². The van der Waals surface area contributed by atoms with Crippen LogP contribution in [0.3, 0.4) is 0 Å². The molecular weight excluding hydrogens is 377 g/mol. The van der Waals surface area contributed by atoms with Crippen molar-refractivity contribution in [2.75, 3.05) is 39.3 Å². The first-order valence-corrected chi connectivity index (χ1v) is 8.25. The van der Waals surface area contributed by atoms with Gasteiger partial charge in [-0.15, -0.1) is 24.8 Å². The molecule has 0 aromatic heterocycles. The number of halogens is 2. The Morgan fingerprint density at radius 1 is 1.00 bits per heavy atom. The summed E-state index contributed by atoms with van der Waals surface area (Å²) in [6, 6.07) is 5.72. The molecule has 0 spiro atoms. The van der Waals surface area contributed by atoms with E-state index in [-0.39, 0.29) is 42.6 Å². The highest BCUT2D eigenvalue weighted by Crippen LogP contribution is 2.20. The summed E-state index contributed by atoms with van der Waals surface area (Å²) in [6.07, 6.45) is 8.97. The Bertz CT molecular complexity index is 591. The maximum atomic E-state index is 9.80. The van der Waals surface area contributed by atoms with E-state index in [4.69, 9.17) is 5.11 Å². The molecule has 8 heteroatoms. The second kappa shape index (κ2) is 12.2. The lowest BCUT2D eigenvalue weighted by Crippen LogP contribution is -2.52. The number of aliphatic hydroxyl groups excluding tert-OH is 1. The number of benzene rings is 1. The molecule has 0 unspecified atom stereocenters. The van der Waals surface area contributed by atoms with Gasteiger partial charge in [0.2, 0.25) is 0 Å². The minimum atomic E-state index is 0. The van der Waals surface area contributed by atoms with Crippen LogP contribution in [0.2, 0.25) is 0 Å². The van der Waals surface area contributed by atoms with Crippen molar-refractivity contribution < 1.29 is 15.7 Å². The Labute approximate surface area is 167 Å². The van der Waals surface area contributed by atoms with Crippen LogP contribution >= 0.6 is 24.8 Å². The molecule has 26 heavy (non-hydrogen) atoms.